The molecule has 1 heterocycles. The van der Waals surface area contributed by atoms with Crippen molar-refractivity contribution in [3.8, 4) is 11.4 Å². The molecule has 5 nitrogen and oxygen atoms in total. The minimum atomic E-state index is -5.93. The predicted octanol–water partition coefficient (Wildman–Crippen LogP) is 7.17. The molecule has 0 aliphatic rings. The number of para-hydroxylation sites is 1. The Morgan fingerprint density at radius 3 is 2.24 bits per heavy atom. The van der Waals surface area contributed by atoms with Crippen molar-refractivity contribution in [2.24, 2.45) is 5.73 Å². The van der Waals surface area contributed by atoms with Crippen molar-refractivity contribution in [3.63, 3.8) is 0 Å². The number of halogens is 3. The second kappa shape index (κ2) is 9.67. The Labute approximate surface area is 212 Å². The average Bonchev–Trinajstić information content (AvgIpc) is 3.19. The summed E-state index contributed by atoms with van der Waals surface area (Å²) in [6.45, 7) is 9.37. The van der Waals surface area contributed by atoms with E-state index >= 15 is 0 Å². The summed E-state index contributed by atoms with van der Waals surface area (Å²) >= 11 is 0. The number of aromatic nitrogens is 1. The second-order valence-electron chi connectivity index (χ2n) is 8.01. The van der Waals surface area contributed by atoms with Crippen LogP contribution in [0, 0.1) is 0 Å². The Hall–Kier alpha value is -4.24. The molecular weight excluding hydrogens is 501 g/mol. The summed E-state index contributed by atoms with van der Waals surface area (Å²) in [5.41, 5.74) is 4.13. The molecular formula is C28H23F3N2O3S. The van der Waals surface area contributed by atoms with E-state index in [2.05, 4.69) is 17.3 Å². The highest BCUT2D eigenvalue weighted by Gasteiger charge is 2.49. The van der Waals surface area contributed by atoms with Gasteiger partial charge in [-0.05, 0) is 41.8 Å². The maximum Gasteiger partial charge on any atom is 0.534 e. The standard InChI is InChI=1S/C28H23F3N2O3S/c1-4-10-19(17-32)18-13-14-23-24(15-18)33(20-11-8-7-9-12-20)25-16-26(36-37(34,35)28(29,30)31)21(5-2)22(6-3)27(23)25/h4-17H,2-3,32H2,1H3/b10-4-,19-17+. The van der Waals surface area contributed by atoms with Crippen LogP contribution in [0.2, 0.25) is 0 Å². The first kappa shape index (κ1) is 25.8. The SMILES string of the molecule is C=Cc1c(OS(=O)(=O)C(F)(F)F)cc2c(c1C=C)c1ccc(C(/C=C\C)=C/N)cc1n2-c1ccccc1. The summed E-state index contributed by atoms with van der Waals surface area (Å²) in [6, 6.07) is 16.1. The Bertz CT molecular complexity index is 1700. The fraction of sp³-hybridized carbons (Fsp3) is 0.0714. The van der Waals surface area contributed by atoms with Gasteiger partial charge in [-0.15, -0.1) is 0 Å². The van der Waals surface area contributed by atoms with Crippen molar-refractivity contribution in [2.45, 2.75) is 12.4 Å². The molecule has 4 rings (SSSR count). The molecule has 190 valence electrons. The van der Waals surface area contributed by atoms with Crippen molar-refractivity contribution < 1.29 is 25.8 Å². The molecule has 0 aliphatic heterocycles. The maximum absolute atomic E-state index is 13.2. The molecule has 0 bridgehead atoms. The maximum atomic E-state index is 13.2. The Kier molecular flexibility index (Phi) is 6.75. The van der Waals surface area contributed by atoms with Crippen LogP contribution in [0.15, 0.2) is 86.1 Å². The van der Waals surface area contributed by atoms with E-state index in [0.717, 1.165) is 22.0 Å². The van der Waals surface area contributed by atoms with E-state index in [1.165, 1.54) is 24.4 Å². The van der Waals surface area contributed by atoms with Crippen LogP contribution in [-0.2, 0) is 10.1 Å². The molecule has 0 saturated heterocycles. The lowest BCUT2D eigenvalue weighted by molar-refractivity contribution is -0.0500. The van der Waals surface area contributed by atoms with Gasteiger partial charge < -0.3 is 14.5 Å². The van der Waals surface area contributed by atoms with Gasteiger partial charge in [0.15, 0.2) is 5.75 Å². The number of rotatable bonds is 7. The highest BCUT2D eigenvalue weighted by Crippen LogP contribution is 2.42. The number of hydrogen-bond acceptors (Lipinski definition) is 4. The zero-order valence-electron chi connectivity index (χ0n) is 19.8. The Morgan fingerprint density at radius 1 is 1.00 bits per heavy atom. The zero-order valence-corrected chi connectivity index (χ0v) is 20.6. The number of nitrogens with zero attached hydrogens (tertiary/aromatic N) is 1. The molecule has 0 atom stereocenters. The third kappa shape index (κ3) is 4.42. The molecule has 0 spiro atoms. The summed E-state index contributed by atoms with van der Waals surface area (Å²) in [4.78, 5) is 0. The molecule has 0 radical (unpaired) electrons. The minimum absolute atomic E-state index is 0.0722. The first-order valence-corrected chi connectivity index (χ1v) is 12.5. The van der Waals surface area contributed by atoms with Gasteiger partial charge in [0, 0.05) is 34.3 Å². The average molecular weight is 525 g/mol. The molecule has 0 fully saturated rings. The Balaban J connectivity index is 2.19. The summed E-state index contributed by atoms with van der Waals surface area (Å²) in [5.74, 6) is -0.508. The number of fused-ring (bicyclic) bond motifs is 3. The highest BCUT2D eigenvalue weighted by atomic mass is 32.2. The van der Waals surface area contributed by atoms with E-state index in [9.17, 15) is 21.6 Å². The largest absolute Gasteiger partial charge is 0.534 e. The van der Waals surface area contributed by atoms with Gasteiger partial charge in [-0.1, -0.05) is 67.8 Å². The van der Waals surface area contributed by atoms with E-state index in [1.54, 1.807) is 0 Å². The van der Waals surface area contributed by atoms with Crippen molar-refractivity contribution in [1.82, 2.24) is 4.57 Å². The van der Waals surface area contributed by atoms with Gasteiger partial charge >= 0.3 is 15.6 Å². The van der Waals surface area contributed by atoms with Crippen LogP contribution in [0.3, 0.4) is 0 Å². The number of nitrogens with two attached hydrogens (primary N) is 1. The lowest BCUT2D eigenvalue weighted by atomic mass is 9.98. The highest BCUT2D eigenvalue weighted by molar-refractivity contribution is 7.88. The van der Waals surface area contributed by atoms with E-state index < -0.39 is 21.4 Å². The molecule has 2 N–H and O–H groups in total. The van der Waals surface area contributed by atoms with Crippen LogP contribution in [0.1, 0.15) is 23.6 Å². The topological polar surface area (TPSA) is 74.3 Å². The third-order valence-electron chi connectivity index (χ3n) is 5.86. The van der Waals surface area contributed by atoms with Crippen molar-refractivity contribution in [2.75, 3.05) is 0 Å². The lowest BCUT2D eigenvalue weighted by Gasteiger charge is -2.15. The van der Waals surface area contributed by atoms with Gasteiger partial charge in [0.2, 0.25) is 0 Å². The van der Waals surface area contributed by atoms with E-state index in [4.69, 9.17) is 5.73 Å². The van der Waals surface area contributed by atoms with E-state index in [0.29, 0.717) is 22.2 Å². The number of alkyl halides is 3. The monoisotopic (exact) mass is 524 g/mol. The van der Waals surface area contributed by atoms with Gasteiger partial charge in [0.05, 0.1) is 11.0 Å². The summed E-state index contributed by atoms with van der Waals surface area (Å²) in [5, 5.41) is 1.42. The summed E-state index contributed by atoms with van der Waals surface area (Å²) in [6.07, 6.45) is 7.89. The summed E-state index contributed by atoms with van der Waals surface area (Å²) < 4.78 is 69.9. The predicted molar refractivity (Wildman–Crippen MR) is 144 cm³/mol. The molecule has 0 amide bonds. The van der Waals surface area contributed by atoms with Crippen LogP contribution < -0.4 is 9.92 Å². The van der Waals surface area contributed by atoms with E-state index in [1.807, 2.05) is 72.2 Å². The molecule has 0 unspecified atom stereocenters. The van der Waals surface area contributed by atoms with Crippen molar-refractivity contribution in [3.05, 3.63) is 103 Å². The lowest BCUT2D eigenvalue weighted by Crippen LogP contribution is -2.28. The van der Waals surface area contributed by atoms with Crippen LogP contribution in [0.4, 0.5) is 13.2 Å². The number of allylic oxidation sites excluding steroid dienone is 3. The quantitative estimate of drug-likeness (QED) is 0.158. The molecule has 4 aromatic rings. The zero-order chi connectivity index (χ0) is 27.0. The molecule has 3 aromatic carbocycles. The molecule has 0 aliphatic carbocycles. The number of benzene rings is 3. The number of hydrogen-bond donors (Lipinski definition) is 1. The summed E-state index contributed by atoms with van der Waals surface area (Å²) in [7, 11) is -5.93. The third-order valence-corrected chi connectivity index (χ3v) is 6.83. The van der Waals surface area contributed by atoms with Crippen LogP contribution >= 0.6 is 0 Å². The first-order valence-electron chi connectivity index (χ1n) is 11.1. The van der Waals surface area contributed by atoms with Gasteiger partial charge in [0.1, 0.15) is 0 Å². The molecule has 37 heavy (non-hydrogen) atoms. The molecule has 1 aromatic heterocycles. The van der Waals surface area contributed by atoms with Gasteiger partial charge in [-0.25, -0.2) is 0 Å². The van der Waals surface area contributed by atoms with Crippen LogP contribution in [0.5, 0.6) is 5.75 Å². The van der Waals surface area contributed by atoms with Crippen LogP contribution in [-0.4, -0.2) is 18.5 Å². The smallest absolute Gasteiger partial charge is 0.404 e. The van der Waals surface area contributed by atoms with Gasteiger partial charge in [-0.2, -0.15) is 21.6 Å². The second-order valence-corrected chi connectivity index (χ2v) is 9.55. The molecule has 9 heteroatoms. The van der Waals surface area contributed by atoms with Crippen molar-refractivity contribution in [1.29, 1.82) is 0 Å². The van der Waals surface area contributed by atoms with Gasteiger partial charge in [0.25, 0.3) is 0 Å². The normalized spacial score (nSPS) is 12.9. The fourth-order valence-corrected chi connectivity index (χ4v) is 4.78. The van der Waals surface area contributed by atoms with Crippen LogP contribution in [0.25, 0.3) is 45.2 Å². The van der Waals surface area contributed by atoms with E-state index in [-0.39, 0.29) is 5.56 Å². The molecule has 0 saturated carbocycles. The van der Waals surface area contributed by atoms with Crippen molar-refractivity contribution >= 4 is 49.6 Å². The Morgan fingerprint density at radius 2 is 1.68 bits per heavy atom. The first-order chi connectivity index (χ1) is 17.6. The minimum Gasteiger partial charge on any atom is -0.404 e. The fourth-order valence-electron chi connectivity index (χ4n) is 4.32. The van der Waals surface area contributed by atoms with Gasteiger partial charge in [-0.3, -0.25) is 0 Å².